The first kappa shape index (κ1) is 14.6. The summed E-state index contributed by atoms with van der Waals surface area (Å²) in [6.07, 6.45) is 0. The highest BCUT2D eigenvalue weighted by Crippen LogP contribution is 2.16. The summed E-state index contributed by atoms with van der Waals surface area (Å²) < 4.78 is 0.968. The Morgan fingerprint density at radius 2 is 1.45 bits per heavy atom. The monoisotopic (exact) mass is 333 g/mol. The van der Waals surface area contributed by atoms with Crippen molar-refractivity contribution in [3.8, 4) is 0 Å². The lowest BCUT2D eigenvalue weighted by Crippen LogP contribution is -2.19. The van der Waals surface area contributed by atoms with E-state index >= 15 is 0 Å². The number of hydrogen-bond donors (Lipinski definition) is 3. The van der Waals surface area contributed by atoms with Crippen LogP contribution in [0.5, 0.6) is 0 Å². The van der Waals surface area contributed by atoms with Crippen LogP contribution >= 0.6 is 15.9 Å². The molecule has 0 aliphatic rings. The molecule has 20 heavy (non-hydrogen) atoms. The Morgan fingerprint density at radius 1 is 1.00 bits per heavy atom. The summed E-state index contributed by atoms with van der Waals surface area (Å²) in [5, 5.41) is 5.53. The van der Waals surface area contributed by atoms with Crippen LogP contribution in [-0.2, 0) is 0 Å². The van der Waals surface area contributed by atoms with Crippen molar-refractivity contribution < 1.29 is 4.79 Å². The van der Waals surface area contributed by atoms with Crippen molar-refractivity contribution in [1.82, 2.24) is 0 Å². The minimum atomic E-state index is -0.277. The molecule has 2 aromatic rings. The molecule has 2 aromatic carbocycles. The second kappa shape index (κ2) is 6.54. The Morgan fingerprint density at radius 3 is 1.90 bits per heavy atom. The van der Waals surface area contributed by atoms with Gasteiger partial charge in [-0.2, -0.15) is 0 Å². The lowest BCUT2D eigenvalue weighted by molar-refractivity contribution is 0.262. The van der Waals surface area contributed by atoms with Gasteiger partial charge in [0, 0.05) is 21.9 Å². The van der Waals surface area contributed by atoms with E-state index in [0.29, 0.717) is 0 Å². The van der Waals surface area contributed by atoms with Crippen LogP contribution in [0.4, 0.5) is 16.2 Å². The van der Waals surface area contributed by atoms with Gasteiger partial charge in [-0.15, -0.1) is 0 Å². The summed E-state index contributed by atoms with van der Waals surface area (Å²) >= 11 is 3.35. The first-order valence-corrected chi connectivity index (χ1v) is 7.03. The molecular weight excluding hydrogens is 318 g/mol. The molecule has 2 amide bonds. The van der Waals surface area contributed by atoms with Crippen molar-refractivity contribution in [2.75, 3.05) is 10.6 Å². The summed E-state index contributed by atoms with van der Waals surface area (Å²) in [6.45, 7) is 1.92. The van der Waals surface area contributed by atoms with E-state index in [1.54, 1.807) is 0 Å². The highest BCUT2D eigenvalue weighted by molar-refractivity contribution is 9.10. The minimum absolute atomic E-state index is 0.0133. The van der Waals surface area contributed by atoms with Crippen LogP contribution in [0.3, 0.4) is 0 Å². The molecule has 0 aliphatic heterocycles. The minimum Gasteiger partial charge on any atom is -0.324 e. The molecule has 0 spiro atoms. The molecule has 0 radical (unpaired) electrons. The van der Waals surface area contributed by atoms with E-state index in [1.807, 2.05) is 55.5 Å². The van der Waals surface area contributed by atoms with Gasteiger partial charge in [0.15, 0.2) is 0 Å². The number of nitrogens with two attached hydrogens (primary N) is 1. The molecule has 5 heteroatoms. The third kappa shape index (κ3) is 4.08. The fourth-order valence-electron chi connectivity index (χ4n) is 1.70. The molecule has 0 saturated heterocycles. The van der Waals surface area contributed by atoms with Crippen LogP contribution in [0.25, 0.3) is 0 Å². The lowest BCUT2D eigenvalue weighted by Gasteiger charge is -2.09. The second-order valence-electron chi connectivity index (χ2n) is 4.50. The van der Waals surface area contributed by atoms with Gasteiger partial charge in [-0.3, -0.25) is 0 Å². The van der Waals surface area contributed by atoms with Crippen molar-refractivity contribution in [3.05, 3.63) is 58.6 Å². The van der Waals surface area contributed by atoms with Gasteiger partial charge in [-0.1, -0.05) is 28.1 Å². The highest BCUT2D eigenvalue weighted by atomic mass is 79.9. The maximum absolute atomic E-state index is 11.8. The van der Waals surface area contributed by atoms with E-state index in [0.717, 1.165) is 21.4 Å². The average Bonchev–Trinajstić information content (AvgIpc) is 2.42. The summed E-state index contributed by atoms with van der Waals surface area (Å²) in [5.41, 5.74) is 8.27. The fourth-order valence-corrected chi connectivity index (χ4v) is 1.96. The molecule has 104 valence electrons. The molecule has 1 atom stereocenters. The second-order valence-corrected chi connectivity index (χ2v) is 5.41. The van der Waals surface area contributed by atoms with Crippen LogP contribution in [0.15, 0.2) is 53.0 Å². The predicted molar refractivity (Wildman–Crippen MR) is 85.8 cm³/mol. The number of nitrogens with one attached hydrogen (secondary N) is 2. The van der Waals surface area contributed by atoms with Crippen LogP contribution in [0.1, 0.15) is 18.5 Å². The number of urea groups is 1. The third-order valence-electron chi connectivity index (χ3n) is 2.80. The zero-order valence-electron chi connectivity index (χ0n) is 11.1. The molecule has 0 saturated carbocycles. The van der Waals surface area contributed by atoms with Gasteiger partial charge in [-0.25, -0.2) is 4.79 Å². The average molecular weight is 334 g/mol. The van der Waals surface area contributed by atoms with Crippen molar-refractivity contribution in [1.29, 1.82) is 0 Å². The first-order chi connectivity index (χ1) is 9.54. The Kier molecular flexibility index (Phi) is 4.76. The molecule has 0 bridgehead atoms. The Labute approximate surface area is 126 Å². The number of anilines is 2. The van der Waals surface area contributed by atoms with Crippen molar-refractivity contribution in [2.24, 2.45) is 5.73 Å². The Bertz CT molecular complexity index is 579. The highest BCUT2D eigenvalue weighted by Gasteiger charge is 2.04. The number of rotatable bonds is 3. The normalized spacial score (nSPS) is 11.8. The SMILES string of the molecule is CC(N)c1ccc(NC(=O)Nc2ccc(Br)cc2)cc1. The molecule has 4 N–H and O–H groups in total. The summed E-state index contributed by atoms with van der Waals surface area (Å²) in [4.78, 5) is 11.8. The maximum Gasteiger partial charge on any atom is 0.323 e. The molecule has 1 unspecified atom stereocenters. The number of carbonyl (C=O) groups is 1. The van der Waals surface area contributed by atoms with Crippen molar-refractivity contribution >= 4 is 33.3 Å². The van der Waals surface area contributed by atoms with Gasteiger partial charge in [0.25, 0.3) is 0 Å². The molecule has 0 aromatic heterocycles. The molecule has 0 fully saturated rings. The number of benzene rings is 2. The number of carbonyl (C=O) groups excluding carboxylic acids is 1. The fraction of sp³-hybridized carbons (Fsp3) is 0.133. The van der Waals surface area contributed by atoms with Gasteiger partial charge in [-0.05, 0) is 48.9 Å². The van der Waals surface area contributed by atoms with Crippen molar-refractivity contribution in [2.45, 2.75) is 13.0 Å². The van der Waals surface area contributed by atoms with Gasteiger partial charge >= 0.3 is 6.03 Å². The van der Waals surface area contributed by atoms with E-state index in [2.05, 4.69) is 26.6 Å². The molecule has 2 rings (SSSR count). The summed E-state index contributed by atoms with van der Waals surface area (Å²) in [7, 11) is 0. The lowest BCUT2D eigenvalue weighted by atomic mass is 10.1. The van der Waals surface area contributed by atoms with Crippen LogP contribution < -0.4 is 16.4 Å². The number of hydrogen-bond acceptors (Lipinski definition) is 2. The van der Waals surface area contributed by atoms with Crippen LogP contribution in [-0.4, -0.2) is 6.03 Å². The van der Waals surface area contributed by atoms with Crippen molar-refractivity contribution in [3.63, 3.8) is 0 Å². The zero-order chi connectivity index (χ0) is 14.5. The standard InChI is InChI=1S/C15H16BrN3O/c1-10(17)11-2-6-13(7-3-11)18-15(20)19-14-8-4-12(16)5-9-14/h2-10H,17H2,1H3,(H2,18,19,20). The largest absolute Gasteiger partial charge is 0.324 e. The van der Waals surface area contributed by atoms with E-state index in [-0.39, 0.29) is 12.1 Å². The topological polar surface area (TPSA) is 67.1 Å². The van der Waals surface area contributed by atoms with Gasteiger partial charge < -0.3 is 16.4 Å². The predicted octanol–water partition coefficient (Wildman–Crippen LogP) is 4.11. The quantitative estimate of drug-likeness (QED) is 0.791. The van der Waals surface area contributed by atoms with Crippen LogP contribution in [0, 0.1) is 0 Å². The van der Waals surface area contributed by atoms with Crippen LogP contribution in [0.2, 0.25) is 0 Å². The number of amides is 2. The van der Waals surface area contributed by atoms with E-state index in [9.17, 15) is 4.79 Å². The number of halogens is 1. The maximum atomic E-state index is 11.8. The summed E-state index contributed by atoms with van der Waals surface area (Å²) in [6, 6.07) is 14.6. The molecule has 0 aliphatic carbocycles. The van der Waals surface area contributed by atoms with Gasteiger partial charge in [0.05, 0.1) is 0 Å². The van der Waals surface area contributed by atoms with Gasteiger partial charge in [0.2, 0.25) is 0 Å². The third-order valence-corrected chi connectivity index (χ3v) is 3.33. The zero-order valence-corrected chi connectivity index (χ0v) is 12.6. The van der Waals surface area contributed by atoms with E-state index < -0.39 is 0 Å². The Balaban J connectivity index is 1.95. The molecular formula is C15H16BrN3O. The molecule has 0 heterocycles. The Hall–Kier alpha value is -1.85. The van der Waals surface area contributed by atoms with E-state index in [1.165, 1.54) is 0 Å². The summed E-state index contributed by atoms with van der Waals surface area (Å²) in [5.74, 6) is 0. The van der Waals surface area contributed by atoms with E-state index in [4.69, 9.17) is 5.73 Å². The molecule has 4 nitrogen and oxygen atoms in total. The first-order valence-electron chi connectivity index (χ1n) is 6.24. The smallest absolute Gasteiger partial charge is 0.323 e. The van der Waals surface area contributed by atoms with Gasteiger partial charge in [0.1, 0.15) is 0 Å².